The lowest BCUT2D eigenvalue weighted by Crippen LogP contribution is -2.41. The van der Waals surface area contributed by atoms with E-state index in [-0.39, 0.29) is 23.9 Å². The number of carbonyl (C=O) groups is 1. The second-order valence-electron chi connectivity index (χ2n) is 5.69. The van der Waals surface area contributed by atoms with E-state index >= 15 is 0 Å². The Morgan fingerprint density at radius 1 is 1.42 bits per heavy atom. The van der Waals surface area contributed by atoms with Gasteiger partial charge >= 0.3 is 0 Å². The third kappa shape index (κ3) is 3.57. The van der Waals surface area contributed by atoms with E-state index in [1.54, 1.807) is 11.3 Å². The van der Waals surface area contributed by atoms with Gasteiger partial charge in [0.2, 0.25) is 5.91 Å². The highest BCUT2D eigenvalue weighted by Crippen LogP contribution is 2.37. The van der Waals surface area contributed by atoms with Crippen LogP contribution in [0.15, 0.2) is 17.5 Å². The van der Waals surface area contributed by atoms with Crippen LogP contribution >= 0.6 is 11.3 Å². The molecule has 19 heavy (non-hydrogen) atoms. The fraction of sp³-hybridized carbons (Fsp3) is 0.667. The van der Waals surface area contributed by atoms with Gasteiger partial charge < -0.3 is 11.1 Å². The number of hydrogen-bond acceptors (Lipinski definition) is 3. The van der Waals surface area contributed by atoms with E-state index in [0.717, 1.165) is 0 Å². The van der Waals surface area contributed by atoms with Gasteiger partial charge in [0.1, 0.15) is 0 Å². The first kappa shape index (κ1) is 14.5. The molecule has 1 fully saturated rings. The molecule has 3 N–H and O–H groups in total. The summed E-state index contributed by atoms with van der Waals surface area (Å²) in [4.78, 5) is 13.5. The summed E-state index contributed by atoms with van der Waals surface area (Å²) in [6.07, 6.45) is 5.00. The highest BCUT2D eigenvalue weighted by molar-refractivity contribution is 7.10. The summed E-state index contributed by atoms with van der Waals surface area (Å²) in [6.45, 7) is 3.79. The zero-order valence-electron chi connectivity index (χ0n) is 11.8. The Morgan fingerprint density at radius 3 is 2.63 bits per heavy atom. The van der Waals surface area contributed by atoms with Crippen molar-refractivity contribution in [3.05, 3.63) is 22.4 Å². The monoisotopic (exact) mass is 280 g/mol. The number of nitrogens with two attached hydrogens (primary N) is 1. The van der Waals surface area contributed by atoms with Gasteiger partial charge in [0.05, 0.1) is 6.04 Å². The molecular weight excluding hydrogens is 256 g/mol. The Bertz CT molecular complexity index is 396. The first-order valence-corrected chi connectivity index (χ1v) is 8.07. The molecule has 1 aliphatic carbocycles. The molecule has 0 bridgehead atoms. The SMILES string of the molecule is CC(N)C(C)C(=O)NC(c1cccs1)C1CCCC1. The molecule has 3 nitrogen and oxygen atoms in total. The maximum absolute atomic E-state index is 12.3. The number of amides is 1. The molecule has 2 rings (SSSR count). The van der Waals surface area contributed by atoms with Crippen molar-refractivity contribution in [1.82, 2.24) is 5.32 Å². The van der Waals surface area contributed by atoms with E-state index in [1.165, 1.54) is 30.6 Å². The smallest absolute Gasteiger partial charge is 0.224 e. The molecule has 1 aromatic heterocycles. The van der Waals surface area contributed by atoms with Gasteiger partial charge in [-0.1, -0.05) is 25.8 Å². The van der Waals surface area contributed by atoms with Crippen LogP contribution in [0.5, 0.6) is 0 Å². The maximum Gasteiger partial charge on any atom is 0.224 e. The highest BCUT2D eigenvalue weighted by atomic mass is 32.1. The topological polar surface area (TPSA) is 55.1 Å². The van der Waals surface area contributed by atoms with Crippen molar-refractivity contribution in [3.63, 3.8) is 0 Å². The zero-order chi connectivity index (χ0) is 13.8. The van der Waals surface area contributed by atoms with Gasteiger partial charge in [-0.25, -0.2) is 0 Å². The summed E-state index contributed by atoms with van der Waals surface area (Å²) in [5.74, 6) is 0.534. The molecule has 0 aromatic carbocycles. The predicted molar refractivity (Wildman–Crippen MR) is 80.0 cm³/mol. The van der Waals surface area contributed by atoms with Crippen molar-refractivity contribution >= 4 is 17.2 Å². The second-order valence-corrected chi connectivity index (χ2v) is 6.67. The van der Waals surface area contributed by atoms with Crippen LogP contribution in [0.4, 0.5) is 0 Å². The van der Waals surface area contributed by atoms with Gasteiger partial charge in [-0.15, -0.1) is 11.3 Å². The highest BCUT2D eigenvalue weighted by Gasteiger charge is 2.30. The Kier molecular flexibility index (Phi) is 4.99. The molecular formula is C15H24N2OS. The average Bonchev–Trinajstić information content (AvgIpc) is 3.07. The molecule has 3 atom stereocenters. The summed E-state index contributed by atoms with van der Waals surface area (Å²) in [5.41, 5.74) is 5.83. The van der Waals surface area contributed by atoms with Crippen LogP contribution in [-0.2, 0) is 4.79 Å². The van der Waals surface area contributed by atoms with Crippen LogP contribution in [0, 0.1) is 11.8 Å². The van der Waals surface area contributed by atoms with Crippen LogP contribution in [0.2, 0.25) is 0 Å². The van der Waals surface area contributed by atoms with Crippen LogP contribution in [-0.4, -0.2) is 11.9 Å². The fourth-order valence-corrected chi connectivity index (χ4v) is 3.57. The van der Waals surface area contributed by atoms with E-state index in [9.17, 15) is 4.79 Å². The molecule has 0 aliphatic heterocycles. The van der Waals surface area contributed by atoms with Gasteiger partial charge in [-0.05, 0) is 37.1 Å². The van der Waals surface area contributed by atoms with Gasteiger partial charge in [0, 0.05) is 16.8 Å². The van der Waals surface area contributed by atoms with E-state index in [4.69, 9.17) is 5.73 Å². The maximum atomic E-state index is 12.3. The molecule has 1 aromatic rings. The van der Waals surface area contributed by atoms with Gasteiger partial charge in [-0.3, -0.25) is 4.79 Å². The minimum absolute atomic E-state index is 0.0836. The van der Waals surface area contributed by atoms with Crippen molar-refractivity contribution in [2.45, 2.75) is 51.6 Å². The van der Waals surface area contributed by atoms with Gasteiger partial charge in [0.15, 0.2) is 0 Å². The van der Waals surface area contributed by atoms with Gasteiger partial charge in [-0.2, -0.15) is 0 Å². The Morgan fingerprint density at radius 2 is 2.11 bits per heavy atom. The lowest BCUT2D eigenvalue weighted by atomic mass is 9.95. The molecule has 3 unspecified atom stereocenters. The van der Waals surface area contributed by atoms with Crippen molar-refractivity contribution in [1.29, 1.82) is 0 Å². The van der Waals surface area contributed by atoms with Crippen molar-refractivity contribution in [2.75, 3.05) is 0 Å². The fourth-order valence-electron chi connectivity index (χ4n) is 2.70. The summed E-state index contributed by atoms with van der Waals surface area (Å²) < 4.78 is 0. The summed E-state index contributed by atoms with van der Waals surface area (Å²) >= 11 is 1.73. The van der Waals surface area contributed by atoms with Crippen LogP contribution in [0.25, 0.3) is 0 Å². The quantitative estimate of drug-likeness (QED) is 0.871. The number of nitrogens with one attached hydrogen (secondary N) is 1. The standard InChI is InChI=1S/C15H24N2OS/c1-10(11(2)16)15(18)17-14(12-6-3-4-7-12)13-8-5-9-19-13/h5,8-12,14H,3-4,6-7,16H2,1-2H3,(H,17,18). The summed E-state index contributed by atoms with van der Waals surface area (Å²) in [5, 5.41) is 5.32. The lowest BCUT2D eigenvalue weighted by Gasteiger charge is -2.26. The predicted octanol–water partition coefficient (Wildman–Crippen LogP) is 3.08. The van der Waals surface area contributed by atoms with Crippen molar-refractivity contribution < 1.29 is 4.79 Å². The third-order valence-corrected chi connectivity index (χ3v) is 5.18. The Hall–Kier alpha value is -0.870. The zero-order valence-corrected chi connectivity index (χ0v) is 12.6. The van der Waals surface area contributed by atoms with Crippen LogP contribution < -0.4 is 11.1 Å². The number of carbonyl (C=O) groups excluding carboxylic acids is 1. The molecule has 1 amide bonds. The molecule has 106 valence electrons. The number of rotatable bonds is 5. The normalized spacial score (nSPS) is 21.0. The first-order valence-electron chi connectivity index (χ1n) is 7.19. The summed E-state index contributed by atoms with van der Waals surface area (Å²) in [6, 6.07) is 4.26. The largest absolute Gasteiger partial charge is 0.348 e. The molecule has 1 aliphatic rings. The molecule has 0 spiro atoms. The average molecular weight is 280 g/mol. The minimum atomic E-state index is -0.135. The molecule has 0 radical (unpaired) electrons. The first-order chi connectivity index (χ1) is 9.09. The molecule has 1 heterocycles. The number of thiophene rings is 1. The minimum Gasteiger partial charge on any atom is -0.348 e. The van der Waals surface area contributed by atoms with Gasteiger partial charge in [0.25, 0.3) is 0 Å². The summed E-state index contributed by atoms with van der Waals surface area (Å²) in [7, 11) is 0. The number of hydrogen-bond donors (Lipinski definition) is 2. The van der Waals surface area contributed by atoms with Crippen molar-refractivity contribution in [3.8, 4) is 0 Å². The lowest BCUT2D eigenvalue weighted by molar-refractivity contribution is -0.126. The molecule has 0 saturated heterocycles. The van der Waals surface area contributed by atoms with Crippen LogP contribution in [0.3, 0.4) is 0 Å². The molecule has 1 saturated carbocycles. The Balaban J connectivity index is 2.08. The Labute approximate surface area is 119 Å². The van der Waals surface area contributed by atoms with E-state index in [0.29, 0.717) is 5.92 Å². The second kappa shape index (κ2) is 6.53. The van der Waals surface area contributed by atoms with Crippen LogP contribution in [0.1, 0.15) is 50.4 Å². The van der Waals surface area contributed by atoms with Crippen molar-refractivity contribution in [2.24, 2.45) is 17.6 Å². The third-order valence-electron chi connectivity index (χ3n) is 4.22. The van der Waals surface area contributed by atoms with E-state index < -0.39 is 0 Å². The van der Waals surface area contributed by atoms with E-state index in [2.05, 4.69) is 22.8 Å². The van der Waals surface area contributed by atoms with E-state index in [1.807, 2.05) is 13.8 Å². The molecule has 4 heteroatoms.